The van der Waals surface area contributed by atoms with Gasteiger partial charge in [-0.15, -0.1) is 0 Å². The SMILES string of the molecule is CCc1cccc(-c2cccc3c2OCCO3)c1F.CN. The molecule has 0 amide bonds. The summed E-state index contributed by atoms with van der Waals surface area (Å²) in [5.41, 5.74) is 6.54. The largest absolute Gasteiger partial charge is 0.486 e. The van der Waals surface area contributed by atoms with Gasteiger partial charge >= 0.3 is 0 Å². The fourth-order valence-electron chi connectivity index (χ4n) is 2.35. The summed E-state index contributed by atoms with van der Waals surface area (Å²) in [5, 5.41) is 0. The topological polar surface area (TPSA) is 44.5 Å². The van der Waals surface area contributed by atoms with Crippen molar-refractivity contribution in [2.45, 2.75) is 13.3 Å². The summed E-state index contributed by atoms with van der Waals surface area (Å²) in [6.07, 6.45) is 0.673. The molecule has 2 N–H and O–H groups in total. The van der Waals surface area contributed by atoms with E-state index >= 15 is 0 Å². The van der Waals surface area contributed by atoms with Crippen molar-refractivity contribution in [2.75, 3.05) is 20.3 Å². The Morgan fingerprint density at radius 1 is 1.00 bits per heavy atom. The first-order chi connectivity index (χ1) is 10.3. The predicted octanol–water partition coefficient (Wildman–Crippen LogP) is 3.40. The number of nitrogens with two attached hydrogens (primary N) is 1. The highest BCUT2D eigenvalue weighted by atomic mass is 19.1. The van der Waals surface area contributed by atoms with Gasteiger partial charge in [-0.3, -0.25) is 0 Å². The lowest BCUT2D eigenvalue weighted by Crippen LogP contribution is -2.16. The first-order valence-corrected chi connectivity index (χ1v) is 7.05. The quantitative estimate of drug-likeness (QED) is 0.921. The molecule has 0 saturated heterocycles. The predicted molar refractivity (Wildman–Crippen MR) is 82.3 cm³/mol. The average molecular weight is 289 g/mol. The minimum Gasteiger partial charge on any atom is -0.486 e. The number of fused-ring (bicyclic) bond motifs is 1. The molecule has 21 heavy (non-hydrogen) atoms. The highest BCUT2D eigenvalue weighted by molar-refractivity contribution is 5.75. The van der Waals surface area contributed by atoms with Crippen molar-refractivity contribution in [1.29, 1.82) is 0 Å². The Morgan fingerprint density at radius 2 is 1.67 bits per heavy atom. The normalized spacial score (nSPS) is 12.4. The zero-order valence-electron chi connectivity index (χ0n) is 12.4. The lowest BCUT2D eigenvalue weighted by Gasteiger charge is -2.21. The van der Waals surface area contributed by atoms with E-state index in [1.807, 2.05) is 37.3 Å². The lowest BCUT2D eigenvalue weighted by atomic mass is 9.99. The van der Waals surface area contributed by atoms with Crippen LogP contribution in [0.25, 0.3) is 11.1 Å². The maximum atomic E-state index is 14.4. The summed E-state index contributed by atoms with van der Waals surface area (Å²) in [4.78, 5) is 0. The zero-order chi connectivity index (χ0) is 15.2. The third kappa shape index (κ3) is 3.00. The van der Waals surface area contributed by atoms with Crippen molar-refractivity contribution in [3.8, 4) is 22.6 Å². The van der Waals surface area contributed by atoms with Gasteiger partial charge in [-0.1, -0.05) is 37.3 Å². The van der Waals surface area contributed by atoms with Crippen molar-refractivity contribution < 1.29 is 13.9 Å². The van der Waals surface area contributed by atoms with E-state index in [9.17, 15) is 4.39 Å². The summed E-state index contributed by atoms with van der Waals surface area (Å²) in [6, 6.07) is 11.0. The van der Waals surface area contributed by atoms with Crippen molar-refractivity contribution in [3.63, 3.8) is 0 Å². The molecule has 1 aliphatic heterocycles. The number of ether oxygens (including phenoxy) is 2. The lowest BCUT2D eigenvalue weighted by molar-refractivity contribution is 0.172. The highest BCUT2D eigenvalue weighted by Crippen LogP contribution is 2.41. The van der Waals surface area contributed by atoms with E-state index < -0.39 is 0 Å². The molecule has 2 aromatic rings. The second kappa shape index (κ2) is 7.09. The molecule has 0 saturated carbocycles. The zero-order valence-corrected chi connectivity index (χ0v) is 12.4. The Hall–Kier alpha value is -2.07. The fraction of sp³-hybridized carbons (Fsp3) is 0.294. The van der Waals surface area contributed by atoms with E-state index in [-0.39, 0.29) is 5.82 Å². The molecule has 112 valence electrons. The summed E-state index contributed by atoms with van der Waals surface area (Å²) in [6.45, 7) is 2.98. The second-order valence-electron chi connectivity index (χ2n) is 4.46. The molecule has 1 aliphatic rings. The Labute approximate surface area is 124 Å². The first kappa shape index (κ1) is 15.3. The van der Waals surface area contributed by atoms with Crippen LogP contribution in [0.1, 0.15) is 12.5 Å². The standard InChI is InChI=1S/C16H15FO2.CH5N/c1-2-11-5-3-6-12(15(11)17)13-7-4-8-14-16(13)19-10-9-18-14;1-2/h3-8H,2,9-10H2,1H3;2H2,1H3. The molecular formula is C17H20FNO2. The van der Waals surface area contributed by atoms with Crippen LogP contribution in [0.5, 0.6) is 11.5 Å². The van der Waals surface area contributed by atoms with E-state index in [0.29, 0.717) is 42.3 Å². The molecule has 0 atom stereocenters. The van der Waals surface area contributed by atoms with Crippen LogP contribution in [0.15, 0.2) is 36.4 Å². The van der Waals surface area contributed by atoms with Gasteiger partial charge in [0, 0.05) is 11.1 Å². The van der Waals surface area contributed by atoms with Gasteiger partial charge < -0.3 is 15.2 Å². The van der Waals surface area contributed by atoms with Crippen LogP contribution in [0.3, 0.4) is 0 Å². The van der Waals surface area contributed by atoms with Crippen molar-refractivity contribution in [2.24, 2.45) is 5.73 Å². The molecular weight excluding hydrogens is 269 g/mol. The van der Waals surface area contributed by atoms with Crippen LogP contribution >= 0.6 is 0 Å². The minimum absolute atomic E-state index is 0.174. The van der Waals surface area contributed by atoms with Gasteiger partial charge in [-0.05, 0) is 25.1 Å². The molecule has 0 spiro atoms. The molecule has 3 rings (SSSR count). The Bertz CT molecular complexity index is 614. The van der Waals surface area contributed by atoms with E-state index in [0.717, 1.165) is 5.56 Å². The van der Waals surface area contributed by atoms with Crippen LogP contribution in [-0.2, 0) is 6.42 Å². The smallest absolute Gasteiger partial charge is 0.169 e. The molecule has 0 radical (unpaired) electrons. The van der Waals surface area contributed by atoms with Crippen molar-refractivity contribution >= 4 is 0 Å². The third-order valence-corrected chi connectivity index (χ3v) is 3.32. The van der Waals surface area contributed by atoms with E-state index in [4.69, 9.17) is 9.47 Å². The monoisotopic (exact) mass is 289 g/mol. The van der Waals surface area contributed by atoms with Gasteiger partial charge in [0.2, 0.25) is 0 Å². The Kier molecular flexibility index (Phi) is 5.17. The number of rotatable bonds is 2. The highest BCUT2D eigenvalue weighted by Gasteiger charge is 2.19. The van der Waals surface area contributed by atoms with E-state index in [1.54, 1.807) is 6.07 Å². The van der Waals surface area contributed by atoms with E-state index in [1.165, 1.54) is 7.05 Å². The molecule has 4 heteroatoms. The molecule has 2 aromatic carbocycles. The Balaban J connectivity index is 0.000000774. The number of hydrogen-bond acceptors (Lipinski definition) is 3. The molecule has 1 heterocycles. The van der Waals surface area contributed by atoms with Crippen molar-refractivity contribution in [3.05, 3.63) is 47.8 Å². The van der Waals surface area contributed by atoms with Crippen molar-refractivity contribution in [1.82, 2.24) is 0 Å². The van der Waals surface area contributed by atoms with Gasteiger partial charge in [0.25, 0.3) is 0 Å². The summed E-state index contributed by atoms with van der Waals surface area (Å²) in [5.74, 6) is 1.15. The van der Waals surface area contributed by atoms with Gasteiger partial charge in [0.15, 0.2) is 11.5 Å². The third-order valence-electron chi connectivity index (χ3n) is 3.32. The molecule has 0 aromatic heterocycles. The minimum atomic E-state index is -0.174. The maximum Gasteiger partial charge on any atom is 0.169 e. The first-order valence-electron chi connectivity index (χ1n) is 7.05. The maximum absolute atomic E-state index is 14.4. The van der Waals surface area contributed by atoms with Gasteiger partial charge in [-0.25, -0.2) is 4.39 Å². The van der Waals surface area contributed by atoms with Crippen LogP contribution in [0.2, 0.25) is 0 Å². The van der Waals surface area contributed by atoms with Crippen LogP contribution < -0.4 is 15.2 Å². The van der Waals surface area contributed by atoms with Gasteiger partial charge in [0.1, 0.15) is 19.0 Å². The fourth-order valence-corrected chi connectivity index (χ4v) is 2.35. The van der Waals surface area contributed by atoms with Crippen LogP contribution in [-0.4, -0.2) is 20.3 Å². The number of para-hydroxylation sites is 1. The summed E-state index contributed by atoms with van der Waals surface area (Å²) in [7, 11) is 1.50. The average Bonchev–Trinajstić information content (AvgIpc) is 2.56. The Morgan fingerprint density at radius 3 is 2.43 bits per heavy atom. The van der Waals surface area contributed by atoms with Gasteiger partial charge in [-0.2, -0.15) is 0 Å². The van der Waals surface area contributed by atoms with E-state index in [2.05, 4.69) is 5.73 Å². The van der Waals surface area contributed by atoms with Crippen LogP contribution in [0, 0.1) is 5.82 Å². The molecule has 0 bridgehead atoms. The number of aryl methyl sites for hydroxylation is 1. The molecule has 0 fully saturated rings. The second-order valence-corrected chi connectivity index (χ2v) is 4.46. The number of halogens is 1. The molecule has 0 unspecified atom stereocenters. The van der Waals surface area contributed by atoms with Gasteiger partial charge in [0.05, 0.1) is 0 Å². The molecule has 3 nitrogen and oxygen atoms in total. The summed E-state index contributed by atoms with van der Waals surface area (Å²) >= 11 is 0. The number of hydrogen-bond donors (Lipinski definition) is 1. The number of benzene rings is 2. The summed E-state index contributed by atoms with van der Waals surface area (Å²) < 4.78 is 25.6. The van der Waals surface area contributed by atoms with Crippen LogP contribution in [0.4, 0.5) is 4.39 Å². The molecule has 0 aliphatic carbocycles.